The van der Waals surface area contributed by atoms with Gasteiger partial charge < -0.3 is 4.74 Å². The van der Waals surface area contributed by atoms with Gasteiger partial charge in [0.1, 0.15) is 0 Å². The molecule has 0 bridgehead atoms. The minimum absolute atomic E-state index is 0.00253. The van der Waals surface area contributed by atoms with Crippen LogP contribution < -0.4 is 0 Å². The van der Waals surface area contributed by atoms with Crippen LogP contribution in [-0.2, 0) is 4.74 Å². The van der Waals surface area contributed by atoms with Crippen molar-refractivity contribution >= 4 is 22.6 Å². The van der Waals surface area contributed by atoms with E-state index >= 15 is 0 Å². The van der Waals surface area contributed by atoms with E-state index in [1.54, 1.807) is 30.3 Å². The summed E-state index contributed by atoms with van der Waals surface area (Å²) in [6, 6.07) is 14.9. The third-order valence-electron chi connectivity index (χ3n) is 3.50. The van der Waals surface area contributed by atoms with Gasteiger partial charge in [-0.3, -0.25) is 10.1 Å². The molecule has 0 aliphatic rings. The Kier molecular flexibility index (Phi) is 3.72. The lowest BCUT2D eigenvalue weighted by Gasteiger charge is -2.08. The van der Waals surface area contributed by atoms with Crippen LogP contribution in [0, 0.1) is 10.1 Å². The quantitative estimate of drug-likeness (QED) is 0.419. The molecule has 0 amide bonds. The number of benzene rings is 2. The van der Waals surface area contributed by atoms with Gasteiger partial charge in [-0.2, -0.15) is 0 Å². The summed E-state index contributed by atoms with van der Waals surface area (Å²) in [5, 5.41) is 11.4. The van der Waals surface area contributed by atoms with E-state index in [4.69, 9.17) is 4.74 Å². The molecule has 23 heavy (non-hydrogen) atoms. The second-order valence-corrected chi connectivity index (χ2v) is 4.87. The Morgan fingerprint density at radius 3 is 2.48 bits per heavy atom. The van der Waals surface area contributed by atoms with Crippen LogP contribution in [0.4, 0.5) is 5.69 Å². The van der Waals surface area contributed by atoms with Crippen molar-refractivity contribution in [1.82, 2.24) is 4.98 Å². The second-order valence-electron chi connectivity index (χ2n) is 4.87. The number of nitrogens with zero attached hydrogens (tertiary/aromatic N) is 2. The van der Waals surface area contributed by atoms with E-state index in [1.807, 2.05) is 12.1 Å². The molecule has 0 fully saturated rings. The van der Waals surface area contributed by atoms with E-state index in [2.05, 4.69) is 4.98 Å². The smallest absolute Gasteiger partial charge is 0.338 e. The van der Waals surface area contributed by atoms with Gasteiger partial charge in [0.2, 0.25) is 0 Å². The molecule has 0 unspecified atom stereocenters. The van der Waals surface area contributed by atoms with Crippen LogP contribution in [0.3, 0.4) is 0 Å². The summed E-state index contributed by atoms with van der Waals surface area (Å²) in [5.74, 6) is -0.452. The standard InChI is InChI=1S/C17H12N2O4/c1-23-17(20)14-10-16(18-15-5-3-2-4-13(14)15)11-6-8-12(9-7-11)19(21)22/h2-10H,1H3. The lowest BCUT2D eigenvalue weighted by molar-refractivity contribution is -0.384. The summed E-state index contributed by atoms with van der Waals surface area (Å²) in [6.07, 6.45) is 0. The third kappa shape index (κ3) is 2.74. The maximum Gasteiger partial charge on any atom is 0.338 e. The van der Waals surface area contributed by atoms with Gasteiger partial charge in [-0.25, -0.2) is 9.78 Å². The number of aromatic nitrogens is 1. The Morgan fingerprint density at radius 2 is 1.83 bits per heavy atom. The first-order chi connectivity index (χ1) is 11.1. The number of nitro benzene ring substituents is 1. The topological polar surface area (TPSA) is 82.3 Å². The van der Waals surface area contributed by atoms with Gasteiger partial charge in [-0.05, 0) is 24.3 Å². The van der Waals surface area contributed by atoms with Crippen molar-refractivity contribution < 1.29 is 14.5 Å². The van der Waals surface area contributed by atoms with Gasteiger partial charge in [0.05, 0.1) is 28.8 Å². The van der Waals surface area contributed by atoms with E-state index in [0.717, 1.165) is 0 Å². The average molecular weight is 308 g/mol. The first-order valence-corrected chi connectivity index (χ1v) is 6.83. The van der Waals surface area contributed by atoms with E-state index < -0.39 is 10.9 Å². The monoisotopic (exact) mass is 308 g/mol. The number of hydrogen-bond donors (Lipinski definition) is 0. The normalized spacial score (nSPS) is 10.5. The Balaban J connectivity index is 2.17. The van der Waals surface area contributed by atoms with Gasteiger partial charge in [-0.15, -0.1) is 0 Å². The molecule has 6 nitrogen and oxygen atoms in total. The van der Waals surface area contributed by atoms with E-state index in [-0.39, 0.29) is 5.69 Å². The number of esters is 1. The Labute approximate surface area is 131 Å². The summed E-state index contributed by atoms with van der Waals surface area (Å²) >= 11 is 0. The van der Waals surface area contributed by atoms with E-state index in [1.165, 1.54) is 19.2 Å². The van der Waals surface area contributed by atoms with Crippen molar-refractivity contribution in [1.29, 1.82) is 0 Å². The molecule has 0 atom stereocenters. The highest BCUT2D eigenvalue weighted by molar-refractivity contribution is 6.04. The molecular weight excluding hydrogens is 296 g/mol. The SMILES string of the molecule is COC(=O)c1cc(-c2ccc([N+](=O)[O-])cc2)nc2ccccc12. The molecular formula is C17H12N2O4. The van der Waals surface area contributed by atoms with Gasteiger partial charge in [-0.1, -0.05) is 18.2 Å². The van der Waals surface area contributed by atoms with Crippen molar-refractivity contribution in [3.8, 4) is 11.3 Å². The minimum atomic E-state index is -0.461. The lowest BCUT2D eigenvalue weighted by atomic mass is 10.0. The Hall–Kier alpha value is -3.28. The molecule has 0 N–H and O–H groups in total. The summed E-state index contributed by atoms with van der Waals surface area (Å²) in [6.45, 7) is 0. The predicted octanol–water partition coefficient (Wildman–Crippen LogP) is 3.60. The number of hydrogen-bond acceptors (Lipinski definition) is 5. The summed E-state index contributed by atoms with van der Waals surface area (Å²) in [7, 11) is 1.32. The lowest BCUT2D eigenvalue weighted by Crippen LogP contribution is -2.03. The van der Waals surface area contributed by atoms with Crippen LogP contribution in [0.15, 0.2) is 54.6 Å². The maximum atomic E-state index is 12.0. The van der Waals surface area contributed by atoms with Gasteiger partial charge in [0, 0.05) is 23.1 Å². The Bertz CT molecular complexity index is 904. The number of rotatable bonds is 3. The van der Waals surface area contributed by atoms with Crippen molar-refractivity contribution in [3.63, 3.8) is 0 Å². The largest absolute Gasteiger partial charge is 0.465 e. The number of ether oxygens (including phenoxy) is 1. The zero-order valence-corrected chi connectivity index (χ0v) is 12.2. The zero-order chi connectivity index (χ0) is 16.4. The number of para-hydroxylation sites is 1. The first-order valence-electron chi connectivity index (χ1n) is 6.83. The van der Waals surface area contributed by atoms with E-state index in [9.17, 15) is 14.9 Å². The molecule has 6 heteroatoms. The number of nitro groups is 1. The highest BCUT2D eigenvalue weighted by atomic mass is 16.6. The van der Waals surface area contributed by atoms with Crippen LogP contribution in [-0.4, -0.2) is 23.0 Å². The van der Waals surface area contributed by atoms with Crippen LogP contribution in [0.25, 0.3) is 22.2 Å². The molecule has 0 radical (unpaired) electrons. The molecule has 3 aromatic rings. The predicted molar refractivity (Wildman–Crippen MR) is 85.2 cm³/mol. The molecule has 0 aliphatic carbocycles. The van der Waals surface area contributed by atoms with Crippen molar-refractivity contribution in [2.24, 2.45) is 0 Å². The number of carbonyl (C=O) groups is 1. The van der Waals surface area contributed by atoms with Crippen LogP contribution in [0.1, 0.15) is 10.4 Å². The molecule has 1 aromatic heterocycles. The van der Waals surface area contributed by atoms with Gasteiger partial charge in [0.15, 0.2) is 0 Å². The molecule has 114 valence electrons. The fraction of sp³-hybridized carbons (Fsp3) is 0.0588. The highest BCUT2D eigenvalue weighted by Gasteiger charge is 2.14. The van der Waals surface area contributed by atoms with Crippen molar-refractivity contribution in [2.45, 2.75) is 0 Å². The highest BCUT2D eigenvalue weighted by Crippen LogP contribution is 2.26. The fourth-order valence-corrected chi connectivity index (χ4v) is 2.36. The number of pyridine rings is 1. The maximum absolute atomic E-state index is 12.0. The summed E-state index contributed by atoms with van der Waals surface area (Å²) in [5.41, 5.74) is 2.31. The van der Waals surface area contributed by atoms with Crippen LogP contribution in [0.5, 0.6) is 0 Å². The molecule has 0 saturated heterocycles. The van der Waals surface area contributed by atoms with Crippen molar-refractivity contribution in [2.75, 3.05) is 7.11 Å². The molecule has 0 aliphatic heterocycles. The first kappa shape index (κ1) is 14.6. The van der Waals surface area contributed by atoms with Crippen LogP contribution >= 0.6 is 0 Å². The summed E-state index contributed by atoms with van der Waals surface area (Å²) in [4.78, 5) is 26.8. The number of fused-ring (bicyclic) bond motifs is 1. The second kappa shape index (κ2) is 5.84. The van der Waals surface area contributed by atoms with Crippen molar-refractivity contribution in [3.05, 3.63) is 70.3 Å². The average Bonchev–Trinajstić information content (AvgIpc) is 2.60. The molecule has 0 saturated carbocycles. The van der Waals surface area contributed by atoms with Crippen LogP contribution in [0.2, 0.25) is 0 Å². The third-order valence-corrected chi connectivity index (χ3v) is 3.50. The summed E-state index contributed by atoms with van der Waals surface area (Å²) < 4.78 is 4.83. The molecule has 2 aromatic carbocycles. The number of methoxy groups -OCH3 is 1. The van der Waals surface area contributed by atoms with Gasteiger partial charge in [0.25, 0.3) is 5.69 Å². The van der Waals surface area contributed by atoms with Gasteiger partial charge >= 0.3 is 5.97 Å². The molecule has 1 heterocycles. The molecule has 0 spiro atoms. The fourth-order valence-electron chi connectivity index (χ4n) is 2.36. The van der Waals surface area contributed by atoms with E-state index in [0.29, 0.717) is 27.7 Å². The number of carbonyl (C=O) groups excluding carboxylic acids is 1. The number of non-ortho nitro benzene ring substituents is 1. The Morgan fingerprint density at radius 1 is 1.13 bits per heavy atom. The molecule has 3 rings (SSSR count). The zero-order valence-electron chi connectivity index (χ0n) is 12.2. The minimum Gasteiger partial charge on any atom is -0.465 e.